The number of para-hydroxylation sites is 1. The highest BCUT2D eigenvalue weighted by molar-refractivity contribution is 6.34. The topological polar surface area (TPSA) is 50.4 Å². The van der Waals surface area contributed by atoms with E-state index in [1.165, 1.54) is 0 Å². The average molecular weight is 221 g/mol. The first-order chi connectivity index (χ1) is 7.16. The molecule has 4 heteroatoms. The van der Waals surface area contributed by atoms with E-state index in [1.54, 1.807) is 18.2 Å². The largest absolute Gasteiger partial charge is 0.472 e. The Labute approximate surface area is 90.3 Å². The summed E-state index contributed by atoms with van der Waals surface area (Å²) in [5, 5.41) is 9.65. The van der Waals surface area contributed by atoms with E-state index in [0.717, 1.165) is 5.39 Å². The van der Waals surface area contributed by atoms with Gasteiger partial charge < -0.3 is 9.52 Å². The van der Waals surface area contributed by atoms with E-state index in [0.29, 0.717) is 16.4 Å². The Bertz CT molecular complexity index is 587. The molecule has 15 heavy (non-hydrogen) atoms. The third-order valence-corrected chi connectivity index (χ3v) is 2.09. The summed E-state index contributed by atoms with van der Waals surface area (Å²) in [5.41, 5.74) is 0.522. The molecular formula is C11H5ClO3. The Balaban J connectivity index is 2.54. The zero-order valence-electron chi connectivity index (χ0n) is 7.45. The average Bonchev–Trinajstić information content (AvgIpc) is 2.59. The number of carbonyl (C=O) groups is 1. The number of hydrogen-bond acceptors (Lipinski definition) is 2. The lowest BCUT2D eigenvalue weighted by Gasteiger charge is -1.88. The molecule has 1 aromatic carbocycles. The van der Waals surface area contributed by atoms with Crippen molar-refractivity contribution in [3.63, 3.8) is 0 Å². The summed E-state index contributed by atoms with van der Waals surface area (Å²) >= 11 is 5.87. The number of furan rings is 1. The van der Waals surface area contributed by atoms with E-state index in [1.807, 2.05) is 12.0 Å². The fourth-order valence-corrected chi connectivity index (χ4v) is 1.42. The number of benzene rings is 1. The highest BCUT2D eigenvalue weighted by Gasteiger charge is 2.04. The molecule has 0 atom stereocenters. The predicted molar refractivity (Wildman–Crippen MR) is 55.7 cm³/mol. The SMILES string of the molecule is O=C(O)C#Cc1cc2cccc(Cl)c2o1. The molecule has 74 valence electrons. The number of carboxylic acids is 1. The smallest absolute Gasteiger partial charge is 0.382 e. The van der Waals surface area contributed by atoms with Gasteiger partial charge in [-0.15, -0.1) is 0 Å². The minimum Gasteiger partial charge on any atom is -0.472 e. The van der Waals surface area contributed by atoms with Crippen LogP contribution in [0, 0.1) is 11.8 Å². The van der Waals surface area contributed by atoms with Crippen molar-refractivity contribution in [2.45, 2.75) is 0 Å². The first kappa shape index (κ1) is 9.63. The minimum atomic E-state index is -1.19. The Hall–Kier alpha value is -1.92. The quantitative estimate of drug-likeness (QED) is 0.694. The zero-order valence-corrected chi connectivity index (χ0v) is 8.21. The Morgan fingerprint density at radius 3 is 2.93 bits per heavy atom. The molecule has 1 heterocycles. The number of aliphatic carboxylic acids is 1. The summed E-state index contributed by atoms with van der Waals surface area (Å²) < 4.78 is 5.28. The van der Waals surface area contributed by atoms with Crippen molar-refractivity contribution in [3.8, 4) is 11.8 Å². The van der Waals surface area contributed by atoms with Crippen molar-refractivity contribution in [1.82, 2.24) is 0 Å². The van der Waals surface area contributed by atoms with Gasteiger partial charge in [-0.2, -0.15) is 0 Å². The van der Waals surface area contributed by atoms with Crippen LogP contribution in [0.3, 0.4) is 0 Å². The van der Waals surface area contributed by atoms with Crippen molar-refractivity contribution in [3.05, 3.63) is 35.0 Å². The molecular weight excluding hydrogens is 216 g/mol. The maximum absolute atomic E-state index is 10.2. The van der Waals surface area contributed by atoms with E-state index in [-0.39, 0.29) is 0 Å². The third-order valence-electron chi connectivity index (χ3n) is 1.79. The molecule has 0 unspecified atom stereocenters. The summed E-state index contributed by atoms with van der Waals surface area (Å²) in [6.45, 7) is 0. The maximum Gasteiger partial charge on any atom is 0.382 e. The van der Waals surface area contributed by atoms with Gasteiger partial charge in [0.25, 0.3) is 0 Å². The lowest BCUT2D eigenvalue weighted by Crippen LogP contribution is -1.86. The van der Waals surface area contributed by atoms with Gasteiger partial charge in [0, 0.05) is 17.4 Å². The van der Waals surface area contributed by atoms with Crippen LogP contribution in [-0.2, 0) is 4.79 Å². The molecule has 0 aliphatic heterocycles. The highest BCUT2D eigenvalue weighted by atomic mass is 35.5. The Morgan fingerprint density at radius 2 is 2.27 bits per heavy atom. The number of hydrogen-bond donors (Lipinski definition) is 1. The van der Waals surface area contributed by atoms with Crippen LogP contribution < -0.4 is 0 Å². The van der Waals surface area contributed by atoms with Crippen LogP contribution in [0.4, 0.5) is 0 Å². The summed E-state index contributed by atoms with van der Waals surface area (Å²) in [7, 11) is 0. The van der Waals surface area contributed by atoms with Crippen molar-refractivity contribution >= 4 is 28.5 Å². The first-order valence-electron chi connectivity index (χ1n) is 4.10. The van der Waals surface area contributed by atoms with E-state index in [4.69, 9.17) is 21.1 Å². The maximum atomic E-state index is 10.2. The van der Waals surface area contributed by atoms with Crippen LogP contribution in [0.25, 0.3) is 11.0 Å². The van der Waals surface area contributed by atoms with Crippen LogP contribution in [-0.4, -0.2) is 11.1 Å². The van der Waals surface area contributed by atoms with Crippen LogP contribution >= 0.6 is 11.6 Å². The second-order valence-corrected chi connectivity index (χ2v) is 3.23. The second kappa shape index (κ2) is 3.68. The van der Waals surface area contributed by atoms with Crippen molar-refractivity contribution < 1.29 is 14.3 Å². The summed E-state index contributed by atoms with van der Waals surface area (Å²) in [6, 6.07) is 6.95. The molecule has 1 aromatic heterocycles. The number of fused-ring (bicyclic) bond motifs is 1. The minimum absolute atomic E-state index is 0.292. The van der Waals surface area contributed by atoms with Crippen LogP contribution in [0.2, 0.25) is 5.02 Å². The standard InChI is InChI=1S/C11H5ClO3/c12-9-3-1-2-7-6-8(15-11(7)9)4-5-10(13)14/h1-3,6H,(H,13,14). The van der Waals surface area contributed by atoms with E-state index in [9.17, 15) is 4.79 Å². The van der Waals surface area contributed by atoms with Gasteiger partial charge in [-0.1, -0.05) is 23.7 Å². The van der Waals surface area contributed by atoms with Gasteiger partial charge in [0.1, 0.15) is 0 Å². The number of halogens is 1. The monoisotopic (exact) mass is 220 g/mol. The van der Waals surface area contributed by atoms with Crippen molar-refractivity contribution in [1.29, 1.82) is 0 Å². The van der Waals surface area contributed by atoms with Gasteiger partial charge in [0.2, 0.25) is 0 Å². The number of rotatable bonds is 0. The molecule has 0 saturated carbocycles. The van der Waals surface area contributed by atoms with Gasteiger partial charge in [-0.25, -0.2) is 4.79 Å². The lowest BCUT2D eigenvalue weighted by atomic mass is 10.2. The number of carboxylic acid groups (broad SMARTS) is 1. The summed E-state index contributed by atoms with van der Waals surface area (Å²) in [4.78, 5) is 10.2. The third kappa shape index (κ3) is 1.95. The fraction of sp³-hybridized carbons (Fsp3) is 0. The molecule has 2 rings (SSSR count). The molecule has 1 N–H and O–H groups in total. The van der Waals surface area contributed by atoms with Gasteiger partial charge >= 0.3 is 5.97 Å². The molecule has 0 aliphatic rings. The van der Waals surface area contributed by atoms with E-state index < -0.39 is 5.97 Å². The van der Waals surface area contributed by atoms with Gasteiger partial charge in [-0.05, 0) is 12.0 Å². The van der Waals surface area contributed by atoms with E-state index in [2.05, 4.69) is 5.92 Å². The Morgan fingerprint density at radius 1 is 1.47 bits per heavy atom. The normalized spacial score (nSPS) is 9.67. The molecule has 2 aromatic rings. The molecule has 0 radical (unpaired) electrons. The van der Waals surface area contributed by atoms with Crippen molar-refractivity contribution in [2.75, 3.05) is 0 Å². The van der Waals surface area contributed by atoms with Gasteiger partial charge in [0.15, 0.2) is 11.3 Å². The van der Waals surface area contributed by atoms with E-state index >= 15 is 0 Å². The first-order valence-corrected chi connectivity index (χ1v) is 4.47. The molecule has 0 amide bonds. The molecule has 0 bridgehead atoms. The molecule has 0 fully saturated rings. The van der Waals surface area contributed by atoms with Crippen LogP contribution in [0.1, 0.15) is 5.76 Å². The summed E-state index contributed by atoms with van der Waals surface area (Å²) in [5.74, 6) is 3.46. The molecule has 0 saturated heterocycles. The summed E-state index contributed by atoms with van der Waals surface area (Å²) in [6.07, 6.45) is 0. The Kier molecular flexibility index (Phi) is 2.36. The highest BCUT2D eigenvalue weighted by Crippen LogP contribution is 2.25. The van der Waals surface area contributed by atoms with Crippen LogP contribution in [0.15, 0.2) is 28.7 Å². The van der Waals surface area contributed by atoms with Gasteiger partial charge in [-0.3, -0.25) is 0 Å². The fourth-order valence-electron chi connectivity index (χ4n) is 1.20. The van der Waals surface area contributed by atoms with Crippen LogP contribution in [0.5, 0.6) is 0 Å². The zero-order chi connectivity index (χ0) is 10.8. The molecule has 0 spiro atoms. The second-order valence-electron chi connectivity index (χ2n) is 2.82. The molecule has 0 aliphatic carbocycles. The predicted octanol–water partition coefficient (Wildman–Crippen LogP) is 2.52. The van der Waals surface area contributed by atoms with Crippen molar-refractivity contribution in [2.24, 2.45) is 0 Å². The lowest BCUT2D eigenvalue weighted by molar-refractivity contribution is -0.130. The molecule has 3 nitrogen and oxygen atoms in total. The van der Waals surface area contributed by atoms with Gasteiger partial charge in [0.05, 0.1) is 5.02 Å².